The molecule has 0 spiro atoms. The lowest BCUT2D eigenvalue weighted by Gasteiger charge is -2.51. The minimum atomic E-state index is -2.37. The van der Waals surface area contributed by atoms with E-state index in [-0.39, 0.29) is 6.41 Å². The standard InChI is InChI=1S/C64H108N4O47/c1-16-32(82)40(90)43(93)60(99-16)115-55-41(91)33(83)21(6-70)103-64(55)111-50-27(12-76)106-58(31(39(50)89)68-19(4)81)113-53-35(85)23(8-72)101-62(46(53)96)109-48-25(10-74)104-56(29(37(48)87)66-17(2)79)112-52-34(84)22(7-71)100-61(45(52)95)108-49-26(11-75)105-57(30(38(49)88)67-18(3)80)114-54-36(86)24(9-73)102-63(47(54)97)110-51-28(13-77)107-59(44(94)42(51)92)98-14-20(5-69)65-15-78/h15-16,20-64,69-77,82-97H,5-14H2,1-4H3,(H,65,78)(H,66,79)(H,67,80)(H,68,81)/t16-,20+,21+,22+,23+,24+,25+,26+,27+,28+,29+,30+,31+,32+,33-,34-,35-,36-,37+,38+,39+,40+,41-,42+,43-,44+,45+,46+,47+,48+,49+,50+,51+,52-,53-,54-,55+,56-,57-,58-,59+,60-,61-,62-,63-,64-/m0/s1. The van der Waals surface area contributed by atoms with E-state index in [0.717, 1.165) is 20.8 Å². The Morgan fingerprint density at radius 3 is 0.896 bits per heavy atom. The van der Waals surface area contributed by atoms with Crippen molar-refractivity contribution in [2.45, 2.75) is 310 Å². The molecule has 9 heterocycles. The molecule has 29 N–H and O–H groups in total. The number of amides is 4. The van der Waals surface area contributed by atoms with E-state index in [1.165, 1.54) is 6.92 Å². The van der Waals surface area contributed by atoms with Crippen LogP contribution in [0.1, 0.15) is 27.7 Å². The number of aliphatic hydroxyl groups excluding tert-OH is 25. The van der Waals surface area contributed by atoms with Gasteiger partial charge in [-0.25, -0.2) is 0 Å². The monoisotopic (exact) mass is 1680 g/mol. The van der Waals surface area contributed by atoms with Gasteiger partial charge in [0.25, 0.3) is 0 Å². The summed E-state index contributed by atoms with van der Waals surface area (Å²) in [4.78, 5) is 49.7. The van der Waals surface area contributed by atoms with Crippen molar-refractivity contribution in [3.63, 3.8) is 0 Å². The van der Waals surface area contributed by atoms with Crippen LogP contribution in [0.3, 0.4) is 0 Å². The Hall–Kier alpha value is -3.84. The Balaban J connectivity index is 0.891. The van der Waals surface area contributed by atoms with Gasteiger partial charge in [0.05, 0.1) is 78.2 Å². The molecule has 0 aliphatic carbocycles. The molecule has 0 aromatic carbocycles. The van der Waals surface area contributed by atoms with Crippen molar-refractivity contribution in [3.8, 4) is 0 Å². The zero-order valence-corrected chi connectivity index (χ0v) is 61.9. The van der Waals surface area contributed by atoms with Gasteiger partial charge < -0.3 is 234 Å². The van der Waals surface area contributed by atoms with Crippen molar-refractivity contribution in [2.75, 3.05) is 66.1 Å². The van der Waals surface area contributed by atoms with Crippen LogP contribution in [0, 0.1) is 0 Å². The SMILES string of the molecule is CC(=O)N[C@H]1[C@H](O[C@H]2[C@@H](O)[C@@H](CO)O[C@@H](O[C@H]3[C@H](O)[C@@H](O)[C@H](OC[C@@H](CO)NC=O)O[C@@H]3CO)[C@@H]2O)O[C@H](CO)[C@@H](O[C@@H]2O[C@H](CO)[C@H](O)[C@H](O[C@@H]3O[C@H](CO)[C@@H](O[C@@H]4O[C@H](CO)[C@H](O)[C@H](O[C@@H]5O[C@H](CO)[C@@H](O[C@@H]6O[C@H](CO)[C@H](O)[C@H](O)[C@H]6O[C@@H]6O[C@@H](C)[C@@H](O)[C@@H](O)[C@@H]6O)[C@H](O)[C@H]5NC(C)=O)[C@H]4O)[C@H](O)[C@H]3NC(C)=O)[C@H]2O)[C@@H]1O. The minimum Gasteiger partial charge on any atom is -0.394 e. The Morgan fingerprint density at radius 1 is 0.296 bits per heavy atom. The molecule has 9 saturated heterocycles. The third-order valence-corrected chi connectivity index (χ3v) is 20.9. The van der Waals surface area contributed by atoms with Crippen LogP contribution in [0.15, 0.2) is 0 Å². The molecule has 51 nitrogen and oxygen atoms in total. The molecule has 0 bridgehead atoms. The first-order chi connectivity index (χ1) is 54.6. The fourth-order valence-corrected chi connectivity index (χ4v) is 14.7. The largest absolute Gasteiger partial charge is 0.394 e. The maximum atomic E-state index is 13.0. The maximum absolute atomic E-state index is 13.0. The maximum Gasteiger partial charge on any atom is 0.217 e. The van der Waals surface area contributed by atoms with Crippen LogP contribution in [0.25, 0.3) is 0 Å². The van der Waals surface area contributed by atoms with E-state index in [1.54, 1.807) is 0 Å². The Kier molecular flexibility index (Phi) is 34.9. The molecule has 0 aromatic rings. The Bertz CT molecular complexity index is 3010. The van der Waals surface area contributed by atoms with Crippen LogP contribution < -0.4 is 21.3 Å². The third kappa shape index (κ3) is 21.3. The van der Waals surface area contributed by atoms with Crippen molar-refractivity contribution in [1.82, 2.24) is 21.3 Å². The van der Waals surface area contributed by atoms with Crippen LogP contribution in [0.5, 0.6) is 0 Å². The average molecular weight is 1690 g/mol. The minimum absolute atomic E-state index is 0.257. The highest BCUT2D eigenvalue weighted by Crippen LogP contribution is 2.40. The van der Waals surface area contributed by atoms with Gasteiger partial charge >= 0.3 is 0 Å². The highest BCUT2D eigenvalue weighted by molar-refractivity contribution is 5.74. The number of nitrogens with one attached hydrogen (secondary N) is 4. The number of rotatable bonds is 33. The summed E-state index contributed by atoms with van der Waals surface area (Å²) in [5.74, 6) is -2.81. The van der Waals surface area contributed by atoms with Crippen LogP contribution in [0.2, 0.25) is 0 Å². The molecule has 51 heteroatoms. The van der Waals surface area contributed by atoms with Gasteiger partial charge in [0.1, 0.15) is 213 Å². The molecule has 9 fully saturated rings. The number of ether oxygens (including phenoxy) is 18. The molecule has 9 rings (SSSR count). The van der Waals surface area contributed by atoms with Crippen molar-refractivity contribution >= 4 is 24.1 Å². The summed E-state index contributed by atoms with van der Waals surface area (Å²) in [5, 5.41) is 286. The number of hydrogen-bond acceptors (Lipinski definition) is 47. The molecule has 0 unspecified atom stereocenters. The first kappa shape index (κ1) is 95.0. The highest BCUT2D eigenvalue weighted by Gasteiger charge is 2.61. The van der Waals surface area contributed by atoms with E-state index >= 15 is 0 Å². The summed E-state index contributed by atoms with van der Waals surface area (Å²) in [7, 11) is 0. The molecular formula is C64H108N4O47. The first-order valence-electron chi connectivity index (χ1n) is 36.7. The second-order valence-electron chi connectivity index (χ2n) is 28.8. The summed E-state index contributed by atoms with van der Waals surface area (Å²) < 4.78 is 105. The normalized spacial score (nSPS) is 48.2. The van der Waals surface area contributed by atoms with Crippen molar-refractivity contribution in [1.29, 1.82) is 0 Å². The molecule has 9 aliphatic rings. The average Bonchev–Trinajstić information content (AvgIpc) is 0.769. The Morgan fingerprint density at radius 2 is 0.565 bits per heavy atom. The second kappa shape index (κ2) is 42.3. The molecule has 115 heavy (non-hydrogen) atoms. The molecule has 0 radical (unpaired) electrons. The van der Waals surface area contributed by atoms with Crippen LogP contribution >= 0.6 is 0 Å². The first-order valence-corrected chi connectivity index (χ1v) is 36.7. The van der Waals surface area contributed by atoms with E-state index in [0.29, 0.717) is 0 Å². The quantitative estimate of drug-likeness (QED) is 0.0271. The van der Waals surface area contributed by atoms with E-state index < -0.39 is 366 Å². The van der Waals surface area contributed by atoms with Gasteiger partial charge in [-0.3, -0.25) is 19.2 Å². The van der Waals surface area contributed by atoms with Crippen molar-refractivity contribution in [3.05, 3.63) is 0 Å². The zero-order valence-electron chi connectivity index (χ0n) is 61.9. The van der Waals surface area contributed by atoms with Crippen LogP contribution in [0.4, 0.5) is 0 Å². The summed E-state index contributed by atoms with van der Waals surface area (Å²) in [6.07, 6.45) is -83.5. The summed E-state index contributed by atoms with van der Waals surface area (Å²) in [5.41, 5.74) is 0. The van der Waals surface area contributed by atoms with E-state index in [1.807, 2.05) is 0 Å². The van der Waals surface area contributed by atoms with Gasteiger partial charge in [0, 0.05) is 20.8 Å². The Labute approximate surface area is 651 Å². The number of aliphatic hydroxyl groups is 25. The van der Waals surface area contributed by atoms with Gasteiger partial charge in [-0.1, -0.05) is 0 Å². The lowest BCUT2D eigenvalue weighted by molar-refractivity contribution is -0.393. The van der Waals surface area contributed by atoms with Crippen molar-refractivity contribution < 1.29 is 232 Å². The highest BCUT2D eigenvalue weighted by atomic mass is 16.8. The van der Waals surface area contributed by atoms with Gasteiger partial charge in [-0.15, -0.1) is 0 Å². The predicted octanol–water partition coefficient (Wildman–Crippen LogP) is -20.0. The fourth-order valence-electron chi connectivity index (χ4n) is 14.7. The van der Waals surface area contributed by atoms with Gasteiger partial charge in [-0.05, 0) is 6.92 Å². The van der Waals surface area contributed by atoms with E-state index in [9.17, 15) is 147 Å². The lowest BCUT2D eigenvalue weighted by atomic mass is 9.93. The molecule has 666 valence electrons. The number of hydrogen-bond donors (Lipinski definition) is 29. The van der Waals surface area contributed by atoms with E-state index in [4.69, 9.17) is 85.3 Å². The van der Waals surface area contributed by atoms with Crippen molar-refractivity contribution in [2.24, 2.45) is 0 Å². The van der Waals surface area contributed by atoms with E-state index in [2.05, 4.69) is 21.3 Å². The smallest absolute Gasteiger partial charge is 0.217 e. The predicted molar refractivity (Wildman–Crippen MR) is 354 cm³/mol. The van der Waals surface area contributed by atoms with Crippen LogP contribution in [-0.2, 0) is 104 Å². The summed E-state index contributed by atoms with van der Waals surface area (Å²) >= 11 is 0. The molecule has 0 saturated carbocycles. The summed E-state index contributed by atoms with van der Waals surface area (Å²) in [6, 6.07) is -6.77. The van der Waals surface area contributed by atoms with Gasteiger partial charge in [0.15, 0.2) is 56.6 Å². The molecule has 0 aromatic heterocycles. The topological polar surface area (TPSA) is 788 Å². The third-order valence-electron chi connectivity index (χ3n) is 20.9. The molecular weight excluding hydrogens is 1580 g/mol. The lowest BCUT2D eigenvalue weighted by Crippen LogP contribution is -2.71. The zero-order chi connectivity index (χ0) is 84.6. The summed E-state index contributed by atoms with van der Waals surface area (Å²) in [6.45, 7) is -5.69. The van der Waals surface area contributed by atoms with Gasteiger partial charge in [-0.2, -0.15) is 0 Å². The number of carbonyl (C=O) groups excluding carboxylic acids is 4. The second-order valence-corrected chi connectivity index (χ2v) is 28.8. The van der Waals surface area contributed by atoms with Gasteiger partial charge in [0.2, 0.25) is 24.1 Å². The van der Waals surface area contributed by atoms with Crippen LogP contribution in [-0.4, -0.2) is 500 Å². The number of carbonyl (C=O) groups is 4. The molecule has 46 atom stereocenters. The molecule has 4 amide bonds. The fraction of sp³-hybridized carbons (Fsp3) is 0.938. The molecule has 9 aliphatic heterocycles.